The Kier molecular flexibility index (Phi) is 8.62. The Morgan fingerprint density at radius 3 is 2.41 bits per heavy atom. The maximum Gasteiger partial charge on any atom is 0.257 e. The number of anilines is 1. The molecule has 6 nitrogen and oxygen atoms in total. The highest BCUT2D eigenvalue weighted by Crippen LogP contribution is 2.17. The van der Waals surface area contributed by atoms with Crippen molar-refractivity contribution in [3.63, 3.8) is 0 Å². The minimum atomic E-state index is -0.325. The van der Waals surface area contributed by atoms with E-state index in [9.17, 15) is 9.59 Å². The molecule has 1 saturated heterocycles. The maximum atomic E-state index is 12.9. The average molecular weight is 454 g/mol. The van der Waals surface area contributed by atoms with Crippen LogP contribution in [0.1, 0.15) is 60.2 Å². The first-order valence-corrected chi connectivity index (χ1v) is 11.6. The van der Waals surface area contributed by atoms with Gasteiger partial charge >= 0.3 is 0 Å². The monoisotopic (exact) mass is 453 g/mol. The zero-order chi connectivity index (χ0) is 22.9. The van der Waals surface area contributed by atoms with Crippen molar-refractivity contribution < 1.29 is 14.3 Å². The van der Waals surface area contributed by atoms with Gasteiger partial charge in [-0.25, -0.2) is 0 Å². The van der Waals surface area contributed by atoms with Crippen LogP contribution >= 0.6 is 12.2 Å². The summed E-state index contributed by atoms with van der Waals surface area (Å²) < 4.78 is 5.69. The van der Waals surface area contributed by atoms with Crippen LogP contribution in [-0.2, 0) is 0 Å². The van der Waals surface area contributed by atoms with Gasteiger partial charge in [0.1, 0.15) is 5.75 Å². The Bertz CT molecular complexity index is 953. The minimum absolute atomic E-state index is 0.0312. The van der Waals surface area contributed by atoms with Crippen LogP contribution in [0.5, 0.6) is 5.75 Å². The van der Waals surface area contributed by atoms with Gasteiger partial charge in [0.2, 0.25) is 0 Å². The van der Waals surface area contributed by atoms with Crippen molar-refractivity contribution >= 4 is 34.8 Å². The largest absolute Gasteiger partial charge is 0.493 e. The Labute approximate surface area is 195 Å². The molecule has 0 aliphatic carbocycles. The third-order valence-corrected chi connectivity index (χ3v) is 5.37. The SMILES string of the molecule is CC(C)COc1cccc(C(=O)NC(=S)Nc2cccc(C(=O)N3CCCCCC3)c2)c1. The molecule has 7 heteroatoms. The van der Waals surface area contributed by atoms with Gasteiger partial charge in [0.25, 0.3) is 11.8 Å². The lowest BCUT2D eigenvalue weighted by Gasteiger charge is -2.20. The average Bonchev–Trinajstić information content (AvgIpc) is 3.07. The second-order valence-electron chi connectivity index (χ2n) is 8.43. The van der Waals surface area contributed by atoms with Gasteiger partial charge in [0.05, 0.1) is 6.61 Å². The lowest BCUT2D eigenvalue weighted by Crippen LogP contribution is -2.34. The molecule has 0 bridgehead atoms. The van der Waals surface area contributed by atoms with Crippen molar-refractivity contribution in [2.75, 3.05) is 25.0 Å². The summed E-state index contributed by atoms with van der Waals surface area (Å²) in [6, 6.07) is 14.2. The number of ether oxygens (including phenoxy) is 1. The quantitative estimate of drug-likeness (QED) is 0.611. The van der Waals surface area contributed by atoms with Gasteiger partial charge in [-0.3, -0.25) is 14.9 Å². The highest BCUT2D eigenvalue weighted by molar-refractivity contribution is 7.80. The van der Waals surface area contributed by atoms with E-state index >= 15 is 0 Å². The summed E-state index contributed by atoms with van der Waals surface area (Å²) in [4.78, 5) is 27.4. The van der Waals surface area contributed by atoms with E-state index in [-0.39, 0.29) is 16.9 Å². The lowest BCUT2D eigenvalue weighted by molar-refractivity contribution is 0.0761. The first-order chi connectivity index (χ1) is 15.4. The summed E-state index contributed by atoms with van der Waals surface area (Å²) in [5.41, 5.74) is 1.73. The zero-order valence-corrected chi connectivity index (χ0v) is 19.5. The fourth-order valence-electron chi connectivity index (χ4n) is 3.51. The number of likely N-dealkylation sites (tertiary alicyclic amines) is 1. The van der Waals surface area contributed by atoms with Crippen molar-refractivity contribution in [1.82, 2.24) is 10.2 Å². The molecule has 3 rings (SSSR count). The van der Waals surface area contributed by atoms with Gasteiger partial charge in [-0.1, -0.05) is 38.8 Å². The molecule has 1 fully saturated rings. The Hall–Kier alpha value is -2.93. The molecular weight excluding hydrogens is 422 g/mol. The Balaban J connectivity index is 1.59. The number of thiocarbonyl (C=S) groups is 1. The van der Waals surface area contributed by atoms with Crippen LogP contribution in [0.15, 0.2) is 48.5 Å². The van der Waals surface area contributed by atoms with Crippen LogP contribution in [0.25, 0.3) is 0 Å². The molecule has 1 heterocycles. The maximum absolute atomic E-state index is 12.9. The van der Waals surface area contributed by atoms with E-state index in [0.29, 0.717) is 35.1 Å². The van der Waals surface area contributed by atoms with E-state index in [1.54, 1.807) is 24.3 Å². The zero-order valence-electron chi connectivity index (χ0n) is 18.7. The first kappa shape index (κ1) is 23.7. The van der Waals surface area contributed by atoms with Crippen LogP contribution in [0.4, 0.5) is 5.69 Å². The van der Waals surface area contributed by atoms with E-state index in [2.05, 4.69) is 24.5 Å². The molecule has 0 atom stereocenters. The van der Waals surface area contributed by atoms with Gasteiger partial charge in [0, 0.05) is 29.9 Å². The first-order valence-electron chi connectivity index (χ1n) is 11.2. The minimum Gasteiger partial charge on any atom is -0.493 e. The van der Waals surface area contributed by atoms with Gasteiger partial charge < -0.3 is 15.0 Å². The van der Waals surface area contributed by atoms with Crippen molar-refractivity contribution in [3.8, 4) is 5.75 Å². The molecule has 0 aromatic heterocycles. The summed E-state index contributed by atoms with van der Waals surface area (Å²) in [6.45, 7) is 6.31. The number of hydrogen-bond acceptors (Lipinski definition) is 4. The number of carbonyl (C=O) groups is 2. The van der Waals surface area contributed by atoms with Crippen molar-refractivity contribution in [1.29, 1.82) is 0 Å². The number of rotatable bonds is 6. The molecule has 2 aromatic rings. The molecule has 0 unspecified atom stereocenters. The number of nitrogens with one attached hydrogen (secondary N) is 2. The molecule has 1 aliphatic heterocycles. The predicted octanol–water partition coefficient (Wildman–Crippen LogP) is 4.86. The van der Waals surface area contributed by atoms with E-state index in [1.165, 1.54) is 12.8 Å². The second-order valence-corrected chi connectivity index (χ2v) is 8.84. The molecule has 2 amide bonds. The van der Waals surface area contributed by atoms with Crippen molar-refractivity contribution in [3.05, 3.63) is 59.7 Å². The van der Waals surface area contributed by atoms with Crippen LogP contribution in [0.2, 0.25) is 0 Å². The van der Waals surface area contributed by atoms with Crippen LogP contribution in [0, 0.1) is 5.92 Å². The third kappa shape index (κ3) is 7.05. The third-order valence-electron chi connectivity index (χ3n) is 5.17. The Morgan fingerprint density at radius 2 is 1.69 bits per heavy atom. The van der Waals surface area contributed by atoms with Crippen LogP contribution in [0.3, 0.4) is 0 Å². The van der Waals surface area contributed by atoms with E-state index < -0.39 is 0 Å². The summed E-state index contributed by atoms with van der Waals surface area (Å²) >= 11 is 5.31. The standard InChI is InChI=1S/C25H31N3O3S/c1-18(2)17-31-22-12-8-9-19(16-22)23(29)27-25(32)26-21-11-7-10-20(15-21)24(30)28-13-5-3-4-6-14-28/h7-12,15-16,18H,3-6,13-14,17H2,1-2H3,(H2,26,27,29,32). The number of nitrogens with zero attached hydrogens (tertiary/aromatic N) is 1. The molecule has 1 aliphatic rings. The van der Waals surface area contributed by atoms with Gasteiger partial charge in [-0.05, 0) is 67.4 Å². The number of benzene rings is 2. The Morgan fingerprint density at radius 1 is 1.00 bits per heavy atom. The number of amides is 2. The highest BCUT2D eigenvalue weighted by atomic mass is 32.1. The van der Waals surface area contributed by atoms with Crippen molar-refractivity contribution in [2.45, 2.75) is 39.5 Å². The number of hydrogen-bond donors (Lipinski definition) is 2. The molecule has 0 radical (unpaired) electrons. The second kappa shape index (κ2) is 11.6. The molecular formula is C25H31N3O3S. The normalized spacial score (nSPS) is 13.9. The predicted molar refractivity (Wildman–Crippen MR) is 131 cm³/mol. The number of carbonyl (C=O) groups excluding carboxylic acids is 2. The summed E-state index contributed by atoms with van der Waals surface area (Å²) in [7, 11) is 0. The summed E-state index contributed by atoms with van der Waals surface area (Å²) in [6.07, 6.45) is 4.44. The molecule has 170 valence electrons. The smallest absolute Gasteiger partial charge is 0.257 e. The van der Waals surface area contributed by atoms with E-state index in [0.717, 1.165) is 25.9 Å². The topological polar surface area (TPSA) is 70.7 Å². The highest BCUT2D eigenvalue weighted by Gasteiger charge is 2.18. The van der Waals surface area contributed by atoms with Crippen molar-refractivity contribution in [2.24, 2.45) is 5.92 Å². The molecule has 0 saturated carbocycles. The lowest BCUT2D eigenvalue weighted by atomic mass is 10.1. The van der Waals surface area contributed by atoms with Crippen LogP contribution in [-0.4, -0.2) is 41.5 Å². The van der Waals surface area contributed by atoms with E-state index in [1.807, 2.05) is 29.2 Å². The fraction of sp³-hybridized carbons (Fsp3) is 0.400. The molecule has 32 heavy (non-hydrogen) atoms. The molecule has 0 spiro atoms. The van der Waals surface area contributed by atoms with Gasteiger partial charge in [-0.2, -0.15) is 0 Å². The van der Waals surface area contributed by atoms with E-state index in [4.69, 9.17) is 17.0 Å². The van der Waals surface area contributed by atoms with Gasteiger partial charge in [-0.15, -0.1) is 0 Å². The van der Waals surface area contributed by atoms with Gasteiger partial charge in [0.15, 0.2) is 5.11 Å². The summed E-state index contributed by atoms with van der Waals surface area (Å²) in [5, 5.41) is 5.86. The fourth-order valence-corrected chi connectivity index (χ4v) is 3.72. The van der Waals surface area contributed by atoms with Crippen LogP contribution < -0.4 is 15.4 Å². The molecule has 2 aromatic carbocycles. The summed E-state index contributed by atoms with van der Waals surface area (Å²) in [5.74, 6) is 0.745. The molecule has 2 N–H and O–H groups in total.